The van der Waals surface area contributed by atoms with Crippen LogP contribution in [0.1, 0.15) is 43.9 Å². The number of piperidine rings is 1. The molecule has 0 saturated carbocycles. The Balaban J connectivity index is 2.18. The lowest BCUT2D eigenvalue weighted by atomic mass is 9.91. The zero-order chi connectivity index (χ0) is 17.0. The molecule has 1 aliphatic heterocycles. The molecule has 1 heterocycles. The predicted octanol–water partition coefficient (Wildman–Crippen LogP) is 5.18. The van der Waals surface area contributed by atoms with Gasteiger partial charge in [-0.2, -0.15) is 13.2 Å². The Labute approximate surface area is 133 Å². The summed E-state index contributed by atoms with van der Waals surface area (Å²) in [6, 6.07) is 5.45. The van der Waals surface area contributed by atoms with Crippen LogP contribution in [-0.2, 0) is 6.18 Å². The largest absolute Gasteiger partial charge is 0.416 e. The van der Waals surface area contributed by atoms with E-state index in [0.717, 1.165) is 37.1 Å². The Morgan fingerprint density at radius 3 is 2.52 bits per heavy atom. The molecule has 0 spiro atoms. The molecule has 7 heteroatoms. The van der Waals surface area contributed by atoms with Gasteiger partial charge in [0.1, 0.15) is 0 Å². The molecule has 1 aromatic carbocycles. The number of rotatable bonds is 4. The van der Waals surface area contributed by atoms with Crippen LogP contribution >= 0.6 is 0 Å². The van der Waals surface area contributed by atoms with E-state index in [0.29, 0.717) is 12.5 Å². The highest BCUT2D eigenvalue weighted by Gasteiger charge is 2.32. The fourth-order valence-electron chi connectivity index (χ4n) is 3.19. The summed E-state index contributed by atoms with van der Waals surface area (Å²) >= 11 is 0. The number of nitrogens with zero attached hydrogens (tertiary/aromatic N) is 4. The lowest BCUT2D eigenvalue weighted by Crippen LogP contribution is -2.45. The Hall–Kier alpha value is -1.72. The average Bonchev–Trinajstić information content (AvgIpc) is 2.52. The van der Waals surface area contributed by atoms with E-state index in [4.69, 9.17) is 5.53 Å². The number of azide groups is 1. The molecule has 4 nitrogen and oxygen atoms in total. The van der Waals surface area contributed by atoms with Crippen LogP contribution in [0, 0.1) is 5.92 Å². The van der Waals surface area contributed by atoms with Gasteiger partial charge in [0.2, 0.25) is 0 Å². The van der Waals surface area contributed by atoms with Crippen LogP contribution in [0.25, 0.3) is 10.4 Å². The first-order valence-corrected chi connectivity index (χ1v) is 7.76. The Kier molecular flexibility index (Phi) is 5.55. The van der Waals surface area contributed by atoms with Gasteiger partial charge in [-0.3, -0.25) is 4.90 Å². The first kappa shape index (κ1) is 17.6. The van der Waals surface area contributed by atoms with Crippen molar-refractivity contribution in [2.75, 3.05) is 13.1 Å². The minimum Gasteiger partial charge on any atom is -0.293 e. The van der Waals surface area contributed by atoms with Crippen molar-refractivity contribution in [3.63, 3.8) is 0 Å². The van der Waals surface area contributed by atoms with E-state index in [1.165, 1.54) is 12.1 Å². The summed E-state index contributed by atoms with van der Waals surface area (Å²) in [4.78, 5) is 5.07. The second-order valence-electron chi connectivity index (χ2n) is 6.24. The molecule has 23 heavy (non-hydrogen) atoms. The number of hydrogen-bond acceptors (Lipinski definition) is 2. The van der Waals surface area contributed by atoms with E-state index >= 15 is 0 Å². The molecule has 0 aromatic heterocycles. The standard InChI is InChI=1S/C16H21F3N4/c1-11-3-8-15(9-21-22-20)23(10-11)12(2)13-4-6-14(7-5-13)16(17,18)19/h4-7,11-12,15H,3,8-10H2,1-2H3/t11-,12?,15+/m1/s1. The van der Waals surface area contributed by atoms with Crippen molar-refractivity contribution in [2.24, 2.45) is 11.0 Å². The molecular weight excluding hydrogens is 305 g/mol. The van der Waals surface area contributed by atoms with Gasteiger partial charge < -0.3 is 0 Å². The van der Waals surface area contributed by atoms with Gasteiger partial charge in [-0.15, -0.1) is 0 Å². The average molecular weight is 326 g/mol. The number of halogens is 3. The number of hydrogen-bond donors (Lipinski definition) is 0. The van der Waals surface area contributed by atoms with Gasteiger partial charge in [0.05, 0.1) is 5.56 Å². The molecule has 0 N–H and O–H groups in total. The van der Waals surface area contributed by atoms with E-state index in [1.807, 2.05) is 6.92 Å². The van der Waals surface area contributed by atoms with Crippen molar-refractivity contribution in [3.05, 3.63) is 45.8 Å². The molecular formula is C16H21F3N4. The smallest absolute Gasteiger partial charge is 0.293 e. The molecule has 1 aliphatic rings. The monoisotopic (exact) mass is 326 g/mol. The van der Waals surface area contributed by atoms with Gasteiger partial charge in [0.25, 0.3) is 0 Å². The van der Waals surface area contributed by atoms with E-state index < -0.39 is 11.7 Å². The first-order valence-electron chi connectivity index (χ1n) is 7.76. The minimum atomic E-state index is -4.31. The topological polar surface area (TPSA) is 52.0 Å². The predicted molar refractivity (Wildman–Crippen MR) is 82.8 cm³/mol. The van der Waals surface area contributed by atoms with Gasteiger partial charge in [0.15, 0.2) is 0 Å². The number of likely N-dealkylation sites (tertiary alicyclic amines) is 1. The molecule has 0 amide bonds. The van der Waals surface area contributed by atoms with Crippen molar-refractivity contribution in [1.82, 2.24) is 4.90 Å². The second kappa shape index (κ2) is 7.23. The summed E-state index contributed by atoms with van der Waals surface area (Å²) in [5.41, 5.74) is 8.74. The molecule has 1 unspecified atom stereocenters. The van der Waals surface area contributed by atoms with Crippen LogP contribution in [0.15, 0.2) is 29.4 Å². The van der Waals surface area contributed by atoms with Gasteiger partial charge in [0, 0.05) is 30.1 Å². The van der Waals surface area contributed by atoms with Crippen molar-refractivity contribution < 1.29 is 13.2 Å². The minimum absolute atomic E-state index is 0.0149. The third kappa shape index (κ3) is 4.39. The summed E-state index contributed by atoms with van der Waals surface area (Å²) < 4.78 is 38.0. The van der Waals surface area contributed by atoms with Gasteiger partial charge in [-0.1, -0.05) is 24.2 Å². The van der Waals surface area contributed by atoms with Crippen LogP contribution in [0.5, 0.6) is 0 Å². The van der Waals surface area contributed by atoms with Crippen LogP contribution in [0.3, 0.4) is 0 Å². The molecule has 1 fully saturated rings. The first-order chi connectivity index (χ1) is 10.8. The highest BCUT2D eigenvalue weighted by Crippen LogP contribution is 2.33. The third-order valence-electron chi connectivity index (χ3n) is 4.56. The zero-order valence-electron chi connectivity index (χ0n) is 13.3. The van der Waals surface area contributed by atoms with Crippen molar-refractivity contribution in [1.29, 1.82) is 0 Å². The van der Waals surface area contributed by atoms with E-state index in [1.54, 1.807) is 0 Å². The van der Waals surface area contributed by atoms with Crippen molar-refractivity contribution in [3.8, 4) is 0 Å². The number of benzene rings is 1. The highest BCUT2D eigenvalue weighted by atomic mass is 19.4. The van der Waals surface area contributed by atoms with Crippen molar-refractivity contribution in [2.45, 2.75) is 44.9 Å². The summed E-state index contributed by atoms with van der Waals surface area (Å²) in [6.45, 7) is 5.40. The van der Waals surface area contributed by atoms with Crippen LogP contribution in [0.2, 0.25) is 0 Å². The fraction of sp³-hybridized carbons (Fsp3) is 0.625. The molecule has 0 bridgehead atoms. The SMILES string of the molecule is CC(c1ccc(C(F)(F)F)cc1)N1C[C@H](C)CC[C@H]1CN=[N+]=[N-]. The molecule has 1 aromatic rings. The second-order valence-corrected chi connectivity index (χ2v) is 6.24. The Bertz CT molecular complexity index is 564. The fourth-order valence-corrected chi connectivity index (χ4v) is 3.19. The number of alkyl halides is 3. The van der Waals surface area contributed by atoms with Crippen LogP contribution in [0.4, 0.5) is 13.2 Å². The normalized spacial score (nSPS) is 24.0. The molecule has 0 aliphatic carbocycles. The van der Waals surface area contributed by atoms with Crippen molar-refractivity contribution >= 4 is 0 Å². The molecule has 3 atom stereocenters. The maximum absolute atomic E-state index is 12.7. The molecule has 1 saturated heterocycles. The van der Waals surface area contributed by atoms with E-state index in [9.17, 15) is 13.2 Å². The van der Waals surface area contributed by atoms with Crippen LogP contribution in [-0.4, -0.2) is 24.0 Å². The molecule has 126 valence electrons. The lowest BCUT2D eigenvalue weighted by molar-refractivity contribution is -0.137. The third-order valence-corrected chi connectivity index (χ3v) is 4.56. The summed E-state index contributed by atoms with van der Waals surface area (Å²) in [6.07, 6.45) is -2.31. The van der Waals surface area contributed by atoms with E-state index in [2.05, 4.69) is 21.8 Å². The van der Waals surface area contributed by atoms with Gasteiger partial charge in [-0.25, -0.2) is 0 Å². The lowest BCUT2D eigenvalue weighted by Gasteiger charge is -2.42. The summed E-state index contributed by atoms with van der Waals surface area (Å²) in [5, 5.41) is 3.68. The quantitative estimate of drug-likeness (QED) is 0.427. The Morgan fingerprint density at radius 2 is 1.96 bits per heavy atom. The highest BCUT2D eigenvalue weighted by molar-refractivity contribution is 5.26. The van der Waals surface area contributed by atoms with Gasteiger partial charge >= 0.3 is 6.18 Å². The summed E-state index contributed by atoms with van der Waals surface area (Å²) in [7, 11) is 0. The maximum atomic E-state index is 12.7. The van der Waals surface area contributed by atoms with E-state index in [-0.39, 0.29) is 12.1 Å². The maximum Gasteiger partial charge on any atom is 0.416 e. The van der Waals surface area contributed by atoms with Crippen LogP contribution < -0.4 is 0 Å². The Morgan fingerprint density at radius 1 is 1.30 bits per heavy atom. The summed E-state index contributed by atoms with van der Waals surface area (Å²) in [5.74, 6) is 0.522. The molecule has 2 rings (SSSR count). The molecule has 0 radical (unpaired) electrons. The van der Waals surface area contributed by atoms with Gasteiger partial charge in [-0.05, 0) is 48.9 Å². The zero-order valence-corrected chi connectivity index (χ0v) is 13.3.